The summed E-state index contributed by atoms with van der Waals surface area (Å²) < 4.78 is 23.9. The number of hydrogen-bond donors (Lipinski definition) is 0. The molecule has 0 atom stereocenters. The lowest BCUT2D eigenvalue weighted by Gasteiger charge is -2.33. The lowest BCUT2D eigenvalue weighted by molar-refractivity contribution is -0.127. The summed E-state index contributed by atoms with van der Waals surface area (Å²) in [7, 11) is -0.317. The van der Waals surface area contributed by atoms with E-state index in [0.29, 0.717) is 32.8 Å². The van der Waals surface area contributed by atoms with E-state index in [1.807, 2.05) is 29.2 Å². The lowest BCUT2D eigenvalue weighted by atomic mass is 9.76. The summed E-state index contributed by atoms with van der Waals surface area (Å²) in [4.78, 5) is 13.7. The van der Waals surface area contributed by atoms with E-state index in [-0.39, 0.29) is 18.4 Å². The second-order valence-corrected chi connectivity index (χ2v) is 11.8. The summed E-state index contributed by atoms with van der Waals surface area (Å²) >= 11 is 0. The Hall–Kier alpha value is -3.29. The molecule has 40 heavy (non-hydrogen) atoms. The maximum absolute atomic E-state index is 11.8. The molecule has 3 aromatic rings. The molecule has 3 aromatic carbocycles. The zero-order valence-corrected chi connectivity index (χ0v) is 24.2. The highest BCUT2D eigenvalue weighted by Gasteiger charge is 2.33. The van der Waals surface area contributed by atoms with Gasteiger partial charge in [0.1, 0.15) is 18.1 Å². The standard InChI is InChI=1S/C33H40BNO5/c1-24-18-30(37-17-7-16-35-15-6-10-31(35)36)19-25(2)32(24)27-9-5-8-26(20-27)21-38-29-13-11-28(12-14-29)34-39-22-33(3,4)23-40-34/h5,8-9,11-14,18-20H,6-7,10,15-17,21-23H2,1-4H3. The second-order valence-electron chi connectivity index (χ2n) is 11.8. The number of benzene rings is 3. The van der Waals surface area contributed by atoms with Gasteiger partial charge in [-0.1, -0.05) is 44.2 Å². The van der Waals surface area contributed by atoms with Crippen LogP contribution in [0.3, 0.4) is 0 Å². The molecule has 2 heterocycles. The summed E-state index contributed by atoms with van der Waals surface area (Å²) in [6.45, 7) is 12.7. The highest BCUT2D eigenvalue weighted by Crippen LogP contribution is 2.32. The van der Waals surface area contributed by atoms with Crippen LogP contribution in [0.5, 0.6) is 11.5 Å². The highest BCUT2D eigenvalue weighted by atomic mass is 16.6. The van der Waals surface area contributed by atoms with Crippen molar-refractivity contribution >= 4 is 18.5 Å². The van der Waals surface area contributed by atoms with E-state index in [4.69, 9.17) is 18.8 Å². The van der Waals surface area contributed by atoms with Crippen molar-refractivity contribution in [3.8, 4) is 22.6 Å². The number of rotatable bonds is 10. The molecule has 5 rings (SSSR count). The molecule has 2 aliphatic heterocycles. The van der Waals surface area contributed by atoms with Crippen molar-refractivity contribution in [1.29, 1.82) is 0 Å². The Labute approximate surface area is 238 Å². The van der Waals surface area contributed by atoms with Gasteiger partial charge in [-0.15, -0.1) is 0 Å². The number of likely N-dealkylation sites (tertiary alicyclic amines) is 1. The molecule has 210 valence electrons. The molecule has 0 bridgehead atoms. The van der Waals surface area contributed by atoms with Crippen molar-refractivity contribution in [2.45, 2.75) is 53.6 Å². The molecule has 1 amide bonds. The van der Waals surface area contributed by atoms with Gasteiger partial charge >= 0.3 is 7.12 Å². The number of amides is 1. The Kier molecular flexibility index (Phi) is 8.82. The zero-order valence-electron chi connectivity index (χ0n) is 24.2. The van der Waals surface area contributed by atoms with E-state index in [2.05, 4.69) is 64.1 Å². The molecule has 6 nitrogen and oxygen atoms in total. The van der Waals surface area contributed by atoms with Gasteiger partial charge in [0.05, 0.1) is 6.61 Å². The number of carbonyl (C=O) groups excluding carboxylic acids is 1. The Morgan fingerprint density at radius 3 is 2.33 bits per heavy atom. The summed E-state index contributed by atoms with van der Waals surface area (Å²) in [6, 6.07) is 20.7. The van der Waals surface area contributed by atoms with E-state index in [9.17, 15) is 4.79 Å². The Morgan fingerprint density at radius 1 is 0.925 bits per heavy atom. The number of carbonyl (C=O) groups is 1. The van der Waals surface area contributed by atoms with Crippen LogP contribution in [-0.2, 0) is 20.7 Å². The minimum atomic E-state index is -0.317. The molecule has 2 fully saturated rings. The molecular weight excluding hydrogens is 501 g/mol. The van der Waals surface area contributed by atoms with Gasteiger partial charge < -0.3 is 23.7 Å². The Balaban J connectivity index is 1.16. The number of ether oxygens (including phenoxy) is 2. The smallest absolute Gasteiger partial charge is 0.493 e. The minimum Gasteiger partial charge on any atom is -0.494 e. The van der Waals surface area contributed by atoms with Crippen molar-refractivity contribution < 1.29 is 23.6 Å². The van der Waals surface area contributed by atoms with Crippen LogP contribution in [0.1, 0.15) is 49.8 Å². The first-order valence-corrected chi connectivity index (χ1v) is 14.3. The third kappa shape index (κ3) is 7.07. The van der Waals surface area contributed by atoms with Gasteiger partial charge in [0.2, 0.25) is 5.91 Å². The van der Waals surface area contributed by atoms with Crippen LogP contribution >= 0.6 is 0 Å². The zero-order chi connectivity index (χ0) is 28.1. The predicted octanol–water partition coefficient (Wildman–Crippen LogP) is 5.71. The normalized spacial score (nSPS) is 16.9. The van der Waals surface area contributed by atoms with E-state index in [1.165, 1.54) is 22.3 Å². The van der Waals surface area contributed by atoms with E-state index >= 15 is 0 Å². The maximum atomic E-state index is 11.8. The first kappa shape index (κ1) is 28.3. The van der Waals surface area contributed by atoms with Crippen LogP contribution in [-0.4, -0.2) is 50.8 Å². The molecule has 2 aliphatic rings. The van der Waals surface area contributed by atoms with E-state index in [1.54, 1.807) is 0 Å². The third-order valence-electron chi connectivity index (χ3n) is 7.54. The van der Waals surface area contributed by atoms with Gasteiger partial charge in [0.25, 0.3) is 0 Å². The van der Waals surface area contributed by atoms with Crippen molar-refractivity contribution in [3.05, 3.63) is 77.4 Å². The van der Waals surface area contributed by atoms with Crippen LogP contribution in [0.4, 0.5) is 0 Å². The predicted molar refractivity (Wildman–Crippen MR) is 159 cm³/mol. The number of aryl methyl sites for hydroxylation is 2. The average Bonchev–Trinajstić information content (AvgIpc) is 3.34. The fourth-order valence-electron chi connectivity index (χ4n) is 5.44. The minimum absolute atomic E-state index is 0.0530. The van der Waals surface area contributed by atoms with Gasteiger partial charge in [0, 0.05) is 38.1 Å². The second kappa shape index (κ2) is 12.5. The molecule has 0 N–H and O–H groups in total. The topological polar surface area (TPSA) is 57.2 Å². The molecule has 0 aromatic heterocycles. The molecule has 0 unspecified atom stereocenters. The third-order valence-corrected chi connectivity index (χ3v) is 7.54. The molecule has 7 heteroatoms. The Morgan fingerprint density at radius 2 is 1.65 bits per heavy atom. The molecule has 0 spiro atoms. The van der Waals surface area contributed by atoms with Crippen LogP contribution in [0.15, 0.2) is 60.7 Å². The van der Waals surface area contributed by atoms with Crippen LogP contribution in [0.25, 0.3) is 11.1 Å². The SMILES string of the molecule is Cc1cc(OCCCN2CCCC2=O)cc(C)c1-c1cccc(COc2ccc(B3OCC(C)(C)CO3)cc2)c1. The average molecular weight is 541 g/mol. The maximum Gasteiger partial charge on any atom is 0.493 e. The van der Waals surface area contributed by atoms with Crippen molar-refractivity contribution in [3.63, 3.8) is 0 Å². The number of nitrogens with zero attached hydrogens (tertiary/aromatic N) is 1. The quantitative estimate of drug-likeness (QED) is 0.243. The van der Waals surface area contributed by atoms with Crippen LogP contribution in [0, 0.1) is 19.3 Å². The number of hydrogen-bond acceptors (Lipinski definition) is 5. The lowest BCUT2D eigenvalue weighted by Crippen LogP contribution is -2.47. The van der Waals surface area contributed by atoms with Gasteiger partial charge in [-0.2, -0.15) is 0 Å². The summed E-state index contributed by atoms with van der Waals surface area (Å²) in [5.74, 6) is 1.96. The van der Waals surface area contributed by atoms with Gasteiger partial charge in [-0.05, 0) is 90.3 Å². The van der Waals surface area contributed by atoms with E-state index in [0.717, 1.165) is 48.5 Å². The van der Waals surface area contributed by atoms with Gasteiger partial charge in [-0.3, -0.25) is 4.79 Å². The van der Waals surface area contributed by atoms with Crippen molar-refractivity contribution in [2.24, 2.45) is 5.41 Å². The monoisotopic (exact) mass is 541 g/mol. The van der Waals surface area contributed by atoms with Crippen molar-refractivity contribution in [1.82, 2.24) is 4.90 Å². The molecule has 2 saturated heterocycles. The fourth-order valence-corrected chi connectivity index (χ4v) is 5.44. The fraction of sp³-hybridized carbons (Fsp3) is 0.424. The molecule has 0 aliphatic carbocycles. The van der Waals surface area contributed by atoms with E-state index < -0.39 is 0 Å². The first-order chi connectivity index (χ1) is 19.3. The van der Waals surface area contributed by atoms with Crippen molar-refractivity contribution in [2.75, 3.05) is 32.9 Å². The Bertz CT molecular complexity index is 1290. The van der Waals surface area contributed by atoms with Crippen LogP contribution < -0.4 is 14.9 Å². The molecule has 0 saturated carbocycles. The largest absolute Gasteiger partial charge is 0.494 e. The summed E-state index contributed by atoms with van der Waals surface area (Å²) in [6.07, 6.45) is 2.51. The highest BCUT2D eigenvalue weighted by molar-refractivity contribution is 6.61. The molecule has 0 radical (unpaired) electrons. The van der Waals surface area contributed by atoms with Gasteiger partial charge in [0.15, 0.2) is 0 Å². The molecular formula is C33H40BNO5. The van der Waals surface area contributed by atoms with Crippen LogP contribution in [0.2, 0.25) is 0 Å². The summed E-state index contributed by atoms with van der Waals surface area (Å²) in [5.41, 5.74) is 6.90. The first-order valence-electron chi connectivity index (χ1n) is 14.3. The summed E-state index contributed by atoms with van der Waals surface area (Å²) in [5, 5.41) is 0. The van der Waals surface area contributed by atoms with Gasteiger partial charge in [-0.25, -0.2) is 0 Å².